The molecule has 0 aliphatic heterocycles. The van der Waals surface area contributed by atoms with E-state index in [1.165, 1.54) is 14.2 Å². The lowest BCUT2D eigenvalue weighted by Gasteiger charge is -2.28. The fraction of sp³-hybridized carbons (Fsp3) is 0.571. The van der Waals surface area contributed by atoms with Crippen LogP contribution in [-0.4, -0.2) is 102 Å². The smallest absolute Gasteiger partial charge is 0.254 e. The van der Waals surface area contributed by atoms with Gasteiger partial charge in [-0.15, -0.1) is 0 Å². The van der Waals surface area contributed by atoms with Crippen molar-refractivity contribution in [3.63, 3.8) is 0 Å². The van der Waals surface area contributed by atoms with Gasteiger partial charge in [-0.1, -0.05) is 0 Å². The van der Waals surface area contributed by atoms with E-state index in [2.05, 4.69) is 10.6 Å². The molecule has 11 heteroatoms. The van der Waals surface area contributed by atoms with Crippen LogP contribution in [0.2, 0.25) is 0 Å². The molecule has 11 nitrogen and oxygen atoms in total. The second kappa shape index (κ2) is 12.5. The molecule has 180 valence electrons. The van der Waals surface area contributed by atoms with Gasteiger partial charge in [0.1, 0.15) is 6.61 Å². The topological polar surface area (TPSA) is 169 Å². The van der Waals surface area contributed by atoms with Crippen molar-refractivity contribution in [1.82, 2.24) is 10.2 Å². The first-order valence-corrected chi connectivity index (χ1v) is 10.0. The molecule has 0 bridgehead atoms. The molecule has 1 aromatic rings. The number of nitrogens with one attached hydrogen (secondary N) is 2. The van der Waals surface area contributed by atoms with Gasteiger partial charge >= 0.3 is 0 Å². The molecular weight excluding hydrogens is 422 g/mol. The van der Waals surface area contributed by atoms with Crippen LogP contribution >= 0.6 is 0 Å². The summed E-state index contributed by atoms with van der Waals surface area (Å²) in [6.07, 6.45) is 0. The van der Waals surface area contributed by atoms with Crippen molar-refractivity contribution in [3.8, 4) is 0 Å². The van der Waals surface area contributed by atoms with Crippen molar-refractivity contribution < 1.29 is 39.5 Å². The van der Waals surface area contributed by atoms with Crippen LogP contribution in [0.4, 0.5) is 5.69 Å². The van der Waals surface area contributed by atoms with Crippen molar-refractivity contribution in [2.45, 2.75) is 32.9 Å². The van der Waals surface area contributed by atoms with E-state index in [1.807, 2.05) is 0 Å². The van der Waals surface area contributed by atoms with Crippen LogP contribution < -0.4 is 10.6 Å². The Kier molecular flexibility index (Phi) is 10.7. The molecule has 0 aliphatic carbocycles. The Balaban J connectivity index is 3.72. The van der Waals surface area contributed by atoms with Gasteiger partial charge in [0.2, 0.25) is 5.91 Å². The van der Waals surface area contributed by atoms with Gasteiger partial charge in [-0.3, -0.25) is 14.4 Å². The summed E-state index contributed by atoms with van der Waals surface area (Å²) < 4.78 is 4.84. The van der Waals surface area contributed by atoms with E-state index in [0.717, 1.165) is 4.90 Å². The maximum Gasteiger partial charge on any atom is 0.254 e. The van der Waals surface area contributed by atoms with Gasteiger partial charge < -0.3 is 40.7 Å². The van der Waals surface area contributed by atoms with Crippen LogP contribution in [0.5, 0.6) is 0 Å². The minimum absolute atomic E-state index is 0.0940. The van der Waals surface area contributed by atoms with Crippen LogP contribution in [0.3, 0.4) is 0 Å². The zero-order valence-corrected chi connectivity index (χ0v) is 19.1. The fourth-order valence-electron chi connectivity index (χ4n) is 3.43. The van der Waals surface area contributed by atoms with Crippen LogP contribution in [-0.2, 0) is 9.53 Å². The molecule has 0 heterocycles. The van der Waals surface area contributed by atoms with E-state index < -0.39 is 56.2 Å². The lowest BCUT2D eigenvalue weighted by atomic mass is 9.89. The minimum atomic E-state index is -0.913. The van der Waals surface area contributed by atoms with Crippen LogP contribution in [0.1, 0.15) is 37.4 Å². The van der Waals surface area contributed by atoms with E-state index >= 15 is 0 Å². The third-order valence-electron chi connectivity index (χ3n) is 5.30. The molecule has 32 heavy (non-hydrogen) atoms. The van der Waals surface area contributed by atoms with Crippen molar-refractivity contribution in [1.29, 1.82) is 0 Å². The molecular formula is C21H33N3O8. The number of carbonyl (C=O) groups excluding carboxylic acids is 3. The van der Waals surface area contributed by atoms with E-state index in [4.69, 9.17) is 4.74 Å². The van der Waals surface area contributed by atoms with Crippen LogP contribution in [0.15, 0.2) is 0 Å². The number of methoxy groups -OCH3 is 1. The summed E-state index contributed by atoms with van der Waals surface area (Å²) >= 11 is 0. The summed E-state index contributed by atoms with van der Waals surface area (Å²) in [5, 5.41) is 42.7. The highest BCUT2D eigenvalue weighted by atomic mass is 16.5. The van der Waals surface area contributed by atoms with E-state index in [1.54, 1.807) is 20.8 Å². The number of amides is 3. The number of rotatable bonds is 11. The van der Waals surface area contributed by atoms with Gasteiger partial charge in [-0.05, 0) is 37.5 Å². The number of hydrogen-bond donors (Lipinski definition) is 6. The number of ether oxygens (including phenoxy) is 1. The zero-order valence-electron chi connectivity index (χ0n) is 19.1. The second-order valence-corrected chi connectivity index (χ2v) is 7.45. The number of aliphatic hydroxyl groups is 4. The van der Waals surface area contributed by atoms with E-state index in [0.29, 0.717) is 16.7 Å². The predicted octanol–water partition coefficient (Wildman–Crippen LogP) is -1.30. The average Bonchev–Trinajstić information content (AvgIpc) is 2.75. The van der Waals surface area contributed by atoms with Crippen molar-refractivity contribution in [3.05, 3.63) is 27.8 Å². The summed E-state index contributed by atoms with van der Waals surface area (Å²) in [7, 11) is 2.76. The molecule has 0 aromatic heterocycles. The van der Waals surface area contributed by atoms with Crippen molar-refractivity contribution in [2.75, 3.05) is 52.5 Å². The summed E-state index contributed by atoms with van der Waals surface area (Å²) in [6, 6.07) is -1.77. The Morgan fingerprint density at radius 3 is 1.91 bits per heavy atom. The number of aliphatic hydroxyl groups excluding tert-OH is 4. The first-order valence-electron chi connectivity index (χ1n) is 10.0. The van der Waals surface area contributed by atoms with Gasteiger partial charge in [-0.2, -0.15) is 0 Å². The quantitative estimate of drug-likeness (QED) is 0.239. The van der Waals surface area contributed by atoms with Gasteiger partial charge in [-0.25, -0.2) is 0 Å². The predicted molar refractivity (Wildman–Crippen MR) is 117 cm³/mol. The largest absolute Gasteiger partial charge is 0.394 e. The average molecular weight is 456 g/mol. The van der Waals surface area contributed by atoms with Crippen LogP contribution in [0.25, 0.3) is 0 Å². The first-order chi connectivity index (χ1) is 15.1. The monoisotopic (exact) mass is 455 g/mol. The maximum absolute atomic E-state index is 13.3. The molecule has 0 aliphatic rings. The molecule has 0 radical (unpaired) electrons. The molecule has 6 N–H and O–H groups in total. The Labute approximate surface area is 187 Å². The lowest BCUT2D eigenvalue weighted by Crippen LogP contribution is -2.43. The number of benzene rings is 1. The van der Waals surface area contributed by atoms with Crippen LogP contribution in [0, 0.1) is 20.8 Å². The van der Waals surface area contributed by atoms with Gasteiger partial charge in [0.25, 0.3) is 11.8 Å². The van der Waals surface area contributed by atoms with E-state index in [9.17, 15) is 34.8 Å². The molecule has 0 unspecified atom stereocenters. The van der Waals surface area contributed by atoms with Gasteiger partial charge in [0.05, 0.1) is 38.5 Å². The molecule has 1 rings (SSSR count). The SMILES string of the molecule is COCC(=O)Nc1c(C)c(C(=O)NC(CO)CO)c(C)c(C(=O)N(C)C(CO)CO)c1C. The summed E-state index contributed by atoms with van der Waals surface area (Å²) in [6.45, 7) is 2.61. The zero-order chi connectivity index (χ0) is 24.6. The Morgan fingerprint density at radius 2 is 1.44 bits per heavy atom. The standard InChI is InChI=1S/C21H33N3O8/c1-11-17(20(30)22-14(6-25)7-26)12(2)19(23-16(29)10-32-5)13(3)18(11)21(31)24(4)15(8-27)9-28/h14-15,25-28H,6-10H2,1-5H3,(H,22,30)(H,23,29). The first kappa shape index (κ1) is 27.5. The number of anilines is 1. The van der Waals surface area contributed by atoms with Crippen molar-refractivity contribution >= 4 is 23.4 Å². The highest BCUT2D eigenvalue weighted by Gasteiger charge is 2.30. The summed E-state index contributed by atoms with van der Waals surface area (Å²) in [5.41, 5.74) is 1.55. The van der Waals surface area contributed by atoms with E-state index in [-0.39, 0.29) is 23.4 Å². The second-order valence-electron chi connectivity index (χ2n) is 7.45. The third kappa shape index (κ3) is 6.02. The minimum Gasteiger partial charge on any atom is -0.394 e. The molecule has 0 fully saturated rings. The fourth-order valence-corrected chi connectivity index (χ4v) is 3.43. The highest BCUT2D eigenvalue weighted by molar-refractivity contribution is 6.08. The lowest BCUT2D eigenvalue weighted by molar-refractivity contribution is -0.119. The third-order valence-corrected chi connectivity index (χ3v) is 5.30. The molecule has 0 saturated heterocycles. The molecule has 0 saturated carbocycles. The molecule has 3 amide bonds. The maximum atomic E-state index is 13.3. The Morgan fingerprint density at radius 1 is 0.906 bits per heavy atom. The summed E-state index contributed by atoms with van der Waals surface area (Å²) in [5.74, 6) is -1.70. The number of likely N-dealkylation sites (N-methyl/N-ethyl adjacent to an activating group) is 1. The summed E-state index contributed by atoms with van der Waals surface area (Å²) in [4.78, 5) is 39.7. The molecule has 0 spiro atoms. The van der Waals surface area contributed by atoms with Gasteiger partial charge in [0, 0.05) is 31.0 Å². The normalized spacial score (nSPS) is 11.1. The Bertz CT molecular complexity index is 835. The molecule has 1 aromatic carbocycles. The molecule has 0 atom stereocenters. The Hall–Kier alpha value is -2.57. The van der Waals surface area contributed by atoms with Crippen molar-refractivity contribution in [2.24, 2.45) is 0 Å². The highest BCUT2D eigenvalue weighted by Crippen LogP contribution is 2.32. The number of nitrogens with zero attached hydrogens (tertiary/aromatic N) is 1. The number of hydrogen-bond acceptors (Lipinski definition) is 8. The van der Waals surface area contributed by atoms with Gasteiger partial charge in [0.15, 0.2) is 0 Å². The number of carbonyl (C=O) groups is 3.